The van der Waals surface area contributed by atoms with Gasteiger partial charge in [-0.15, -0.1) is 0 Å². The van der Waals surface area contributed by atoms with Crippen LogP contribution < -0.4 is 5.32 Å². The van der Waals surface area contributed by atoms with E-state index in [1.165, 1.54) is 0 Å². The van der Waals surface area contributed by atoms with E-state index < -0.39 is 5.60 Å². The quantitative estimate of drug-likeness (QED) is 0.602. The fourth-order valence-corrected chi connectivity index (χ4v) is 1.72. The highest BCUT2D eigenvalue weighted by atomic mass is 16.3. The van der Waals surface area contributed by atoms with Crippen molar-refractivity contribution < 1.29 is 5.11 Å². The van der Waals surface area contributed by atoms with Crippen molar-refractivity contribution in [3.63, 3.8) is 0 Å². The SMILES string of the molecule is CCNC1CCCC1(C)O. The molecule has 2 nitrogen and oxygen atoms in total. The molecule has 0 radical (unpaired) electrons. The van der Waals surface area contributed by atoms with Crippen molar-refractivity contribution in [3.05, 3.63) is 0 Å². The summed E-state index contributed by atoms with van der Waals surface area (Å²) in [5.74, 6) is 0. The Morgan fingerprint density at radius 3 is 2.80 bits per heavy atom. The molecule has 2 atom stereocenters. The molecule has 60 valence electrons. The van der Waals surface area contributed by atoms with Crippen molar-refractivity contribution in [1.82, 2.24) is 5.32 Å². The van der Waals surface area contributed by atoms with E-state index in [-0.39, 0.29) is 0 Å². The van der Waals surface area contributed by atoms with Gasteiger partial charge in [0.05, 0.1) is 5.60 Å². The molecule has 1 rings (SSSR count). The van der Waals surface area contributed by atoms with Gasteiger partial charge < -0.3 is 10.4 Å². The molecule has 0 bridgehead atoms. The van der Waals surface area contributed by atoms with Crippen LogP contribution in [0.5, 0.6) is 0 Å². The average Bonchev–Trinajstić information content (AvgIpc) is 2.13. The van der Waals surface area contributed by atoms with E-state index in [9.17, 15) is 5.11 Å². The minimum absolute atomic E-state index is 0.331. The average molecular weight is 143 g/mol. The van der Waals surface area contributed by atoms with Gasteiger partial charge in [0.1, 0.15) is 0 Å². The lowest BCUT2D eigenvalue weighted by molar-refractivity contribution is 0.0400. The van der Waals surface area contributed by atoms with Crippen molar-refractivity contribution in [2.75, 3.05) is 6.54 Å². The highest BCUT2D eigenvalue weighted by Gasteiger charge is 2.35. The first-order valence-electron chi connectivity index (χ1n) is 4.12. The third kappa shape index (κ3) is 1.50. The summed E-state index contributed by atoms with van der Waals surface area (Å²) >= 11 is 0. The van der Waals surface area contributed by atoms with Gasteiger partial charge in [0.15, 0.2) is 0 Å². The van der Waals surface area contributed by atoms with Gasteiger partial charge in [-0.05, 0) is 32.7 Å². The van der Waals surface area contributed by atoms with Crippen LogP contribution in [0.4, 0.5) is 0 Å². The zero-order valence-electron chi connectivity index (χ0n) is 6.85. The molecule has 2 N–H and O–H groups in total. The largest absolute Gasteiger partial charge is 0.389 e. The first-order chi connectivity index (χ1) is 4.67. The minimum atomic E-state index is -0.448. The second-order valence-corrected chi connectivity index (χ2v) is 3.36. The van der Waals surface area contributed by atoms with Gasteiger partial charge in [-0.1, -0.05) is 6.92 Å². The predicted molar refractivity (Wildman–Crippen MR) is 41.9 cm³/mol. The third-order valence-electron chi connectivity index (χ3n) is 2.38. The van der Waals surface area contributed by atoms with Crippen LogP contribution >= 0.6 is 0 Å². The van der Waals surface area contributed by atoms with Crippen LogP contribution in [0, 0.1) is 0 Å². The van der Waals surface area contributed by atoms with E-state index in [0.717, 1.165) is 25.8 Å². The Kier molecular flexibility index (Phi) is 2.32. The number of aliphatic hydroxyl groups is 1. The Labute approximate surface area is 62.6 Å². The van der Waals surface area contributed by atoms with E-state index in [1.807, 2.05) is 6.92 Å². The summed E-state index contributed by atoms with van der Waals surface area (Å²) in [4.78, 5) is 0. The number of nitrogens with one attached hydrogen (secondary N) is 1. The lowest BCUT2D eigenvalue weighted by Crippen LogP contribution is -2.44. The molecular formula is C8H17NO. The normalized spacial score (nSPS) is 40.5. The Morgan fingerprint density at radius 2 is 2.40 bits per heavy atom. The van der Waals surface area contributed by atoms with E-state index in [1.54, 1.807) is 0 Å². The Hall–Kier alpha value is -0.0800. The van der Waals surface area contributed by atoms with Crippen LogP contribution in [-0.4, -0.2) is 23.3 Å². The maximum atomic E-state index is 9.72. The topological polar surface area (TPSA) is 32.3 Å². The smallest absolute Gasteiger partial charge is 0.0772 e. The highest BCUT2D eigenvalue weighted by molar-refractivity contribution is 4.93. The maximum Gasteiger partial charge on any atom is 0.0772 e. The molecule has 10 heavy (non-hydrogen) atoms. The zero-order chi connectivity index (χ0) is 7.61. The summed E-state index contributed by atoms with van der Waals surface area (Å²) in [6.07, 6.45) is 3.23. The molecule has 0 spiro atoms. The Balaban J connectivity index is 2.43. The van der Waals surface area contributed by atoms with E-state index in [4.69, 9.17) is 0 Å². The van der Waals surface area contributed by atoms with Crippen molar-refractivity contribution in [2.45, 2.75) is 44.8 Å². The fourth-order valence-electron chi connectivity index (χ4n) is 1.72. The Morgan fingerprint density at radius 1 is 1.70 bits per heavy atom. The summed E-state index contributed by atoms with van der Waals surface area (Å²) in [6.45, 7) is 4.96. The molecule has 0 amide bonds. The number of likely N-dealkylation sites (N-methyl/N-ethyl adjacent to an activating group) is 1. The first kappa shape index (κ1) is 8.02. The molecule has 1 aliphatic rings. The van der Waals surface area contributed by atoms with Crippen molar-refractivity contribution in [3.8, 4) is 0 Å². The van der Waals surface area contributed by atoms with Crippen molar-refractivity contribution in [1.29, 1.82) is 0 Å². The summed E-state index contributed by atoms with van der Waals surface area (Å²) in [5.41, 5.74) is -0.448. The molecule has 0 heterocycles. The minimum Gasteiger partial charge on any atom is -0.389 e. The van der Waals surface area contributed by atoms with Crippen molar-refractivity contribution >= 4 is 0 Å². The van der Waals surface area contributed by atoms with Crippen LogP contribution in [0.2, 0.25) is 0 Å². The monoisotopic (exact) mass is 143 g/mol. The predicted octanol–water partition coefficient (Wildman–Crippen LogP) is 0.899. The number of hydrogen-bond donors (Lipinski definition) is 2. The molecule has 1 fully saturated rings. The molecule has 1 aliphatic carbocycles. The van der Waals surface area contributed by atoms with Gasteiger partial charge in [0.25, 0.3) is 0 Å². The van der Waals surface area contributed by atoms with Gasteiger partial charge in [-0.3, -0.25) is 0 Å². The van der Waals surface area contributed by atoms with Crippen LogP contribution in [0.25, 0.3) is 0 Å². The molecule has 0 aromatic carbocycles. The molecule has 0 aliphatic heterocycles. The molecule has 2 heteroatoms. The molecular weight excluding hydrogens is 126 g/mol. The Bertz CT molecular complexity index is 112. The van der Waals surface area contributed by atoms with E-state index >= 15 is 0 Å². The molecule has 2 unspecified atom stereocenters. The van der Waals surface area contributed by atoms with Crippen molar-refractivity contribution in [2.24, 2.45) is 0 Å². The lowest BCUT2D eigenvalue weighted by atomic mass is 10.0. The molecule has 0 aromatic heterocycles. The van der Waals surface area contributed by atoms with Gasteiger partial charge in [-0.2, -0.15) is 0 Å². The number of hydrogen-bond acceptors (Lipinski definition) is 2. The summed E-state index contributed by atoms with van der Waals surface area (Å²) < 4.78 is 0. The molecule has 0 aromatic rings. The molecule has 1 saturated carbocycles. The van der Waals surface area contributed by atoms with Crippen LogP contribution in [0.3, 0.4) is 0 Å². The second kappa shape index (κ2) is 2.89. The first-order valence-corrected chi connectivity index (χ1v) is 4.12. The van der Waals surface area contributed by atoms with Crippen LogP contribution in [0.1, 0.15) is 33.1 Å². The van der Waals surface area contributed by atoms with E-state index in [0.29, 0.717) is 6.04 Å². The van der Waals surface area contributed by atoms with Crippen LogP contribution in [-0.2, 0) is 0 Å². The third-order valence-corrected chi connectivity index (χ3v) is 2.38. The highest BCUT2D eigenvalue weighted by Crippen LogP contribution is 2.28. The second-order valence-electron chi connectivity index (χ2n) is 3.36. The van der Waals surface area contributed by atoms with Gasteiger partial charge >= 0.3 is 0 Å². The fraction of sp³-hybridized carbons (Fsp3) is 1.00. The van der Waals surface area contributed by atoms with E-state index in [2.05, 4.69) is 12.2 Å². The summed E-state index contributed by atoms with van der Waals surface area (Å²) in [6, 6.07) is 0.331. The standard InChI is InChI=1S/C8H17NO/c1-3-9-7-5-4-6-8(7,2)10/h7,9-10H,3-6H2,1-2H3. The van der Waals surface area contributed by atoms with Gasteiger partial charge in [0, 0.05) is 6.04 Å². The van der Waals surface area contributed by atoms with Gasteiger partial charge in [-0.25, -0.2) is 0 Å². The number of rotatable bonds is 2. The summed E-state index contributed by atoms with van der Waals surface area (Å²) in [5, 5.41) is 13.0. The molecule has 0 saturated heterocycles. The van der Waals surface area contributed by atoms with Crippen LogP contribution in [0.15, 0.2) is 0 Å². The zero-order valence-corrected chi connectivity index (χ0v) is 6.85. The lowest BCUT2D eigenvalue weighted by Gasteiger charge is -2.25. The summed E-state index contributed by atoms with van der Waals surface area (Å²) in [7, 11) is 0. The maximum absolute atomic E-state index is 9.72. The van der Waals surface area contributed by atoms with Gasteiger partial charge in [0.2, 0.25) is 0 Å².